The van der Waals surface area contributed by atoms with E-state index in [1.54, 1.807) is 0 Å². The van der Waals surface area contributed by atoms with Crippen molar-refractivity contribution in [1.29, 1.82) is 0 Å². The van der Waals surface area contributed by atoms with Crippen LogP contribution in [0.3, 0.4) is 0 Å². The number of hydrogen-bond donors (Lipinski definition) is 2. The third-order valence-electron chi connectivity index (χ3n) is 1.58. The van der Waals surface area contributed by atoms with E-state index in [0.29, 0.717) is 0 Å². The normalized spacial score (nSPS) is 10.6. The SMILES string of the molecule is OB(O)c1cccc(Cl)c1C(F)F. The molecule has 70 valence electrons. The molecule has 2 nitrogen and oxygen atoms in total. The van der Waals surface area contributed by atoms with Crippen LogP contribution in [0.5, 0.6) is 0 Å². The van der Waals surface area contributed by atoms with E-state index in [9.17, 15) is 8.78 Å². The molecule has 0 fully saturated rings. The number of halogens is 3. The van der Waals surface area contributed by atoms with Gasteiger partial charge in [-0.2, -0.15) is 0 Å². The van der Waals surface area contributed by atoms with E-state index < -0.39 is 19.1 Å². The summed E-state index contributed by atoms with van der Waals surface area (Å²) in [6, 6.07) is 3.84. The maximum atomic E-state index is 12.3. The molecule has 0 aromatic heterocycles. The number of benzene rings is 1. The van der Waals surface area contributed by atoms with Crippen molar-refractivity contribution in [3.05, 3.63) is 28.8 Å². The molecule has 0 spiro atoms. The number of rotatable bonds is 2. The van der Waals surface area contributed by atoms with Crippen molar-refractivity contribution < 1.29 is 18.8 Å². The summed E-state index contributed by atoms with van der Waals surface area (Å²) in [5.74, 6) is 0. The lowest BCUT2D eigenvalue weighted by atomic mass is 9.77. The van der Waals surface area contributed by atoms with Crippen LogP contribution in [0.25, 0.3) is 0 Å². The first-order valence-electron chi connectivity index (χ1n) is 3.46. The van der Waals surface area contributed by atoms with Crippen LogP contribution >= 0.6 is 11.6 Å². The fraction of sp³-hybridized carbons (Fsp3) is 0.143. The zero-order valence-electron chi connectivity index (χ0n) is 6.42. The summed E-state index contributed by atoms with van der Waals surface area (Å²) in [7, 11) is -1.93. The highest BCUT2D eigenvalue weighted by Gasteiger charge is 2.23. The lowest BCUT2D eigenvalue weighted by molar-refractivity contribution is 0.152. The predicted octanol–water partition coefficient (Wildman–Crippen LogP) is 0.957. The molecule has 0 heterocycles. The fourth-order valence-corrected chi connectivity index (χ4v) is 1.27. The Balaban J connectivity index is 3.26. The first kappa shape index (κ1) is 10.4. The highest BCUT2D eigenvalue weighted by Crippen LogP contribution is 2.24. The van der Waals surface area contributed by atoms with Gasteiger partial charge in [-0.1, -0.05) is 23.7 Å². The van der Waals surface area contributed by atoms with E-state index in [1.807, 2.05) is 0 Å². The Labute approximate surface area is 78.9 Å². The van der Waals surface area contributed by atoms with Crippen molar-refractivity contribution in [3.63, 3.8) is 0 Å². The molecule has 2 N–H and O–H groups in total. The van der Waals surface area contributed by atoms with Gasteiger partial charge in [0.15, 0.2) is 0 Å². The van der Waals surface area contributed by atoms with Crippen molar-refractivity contribution in [2.75, 3.05) is 0 Å². The third-order valence-corrected chi connectivity index (χ3v) is 1.91. The van der Waals surface area contributed by atoms with Gasteiger partial charge in [-0.15, -0.1) is 0 Å². The molecule has 1 rings (SSSR count). The van der Waals surface area contributed by atoms with Crippen LogP contribution in [0.1, 0.15) is 12.0 Å². The van der Waals surface area contributed by atoms with Gasteiger partial charge in [0.05, 0.1) is 0 Å². The molecule has 0 atom stereocenters. The van der Waals surface area contributed by atoms with Crippen LogP contribution in [0, 0.1) is 0 Å². The predicted molar refractivity (Wildman–Crippen MR) is 46.2 cm³/mol. The first-order valence-corrected chi connectivity index (χ1v) is 3.84. The van der Waals surface area contributed by atoms with Crippen LogP contribution in [0.2, 0.25) is 5.02 Å². The monoisotopic (exact) mass is 206 g/mol. The molecule has 1 aromatic carbocycles. The smallest absolute Gasteiger partial charge is 0.423 e. The van der Waals surface area contributed by atoms with E-state index in [1.165, 1.54) is 18.2 Å². The topological polar surface area (TPSA) is 40.5 Å². The Bertz CT molecular complexity index is 307. The van der Waals surface area contributed by atoms with Crippen LogP contribution in [-0.2, 0) is 0 Å². The molecule has 0 aliphatic heterocycles. The minimum Gasteiger partial charge on any atom is -0.423 e. The second-order valence-corrected chi connectivity index (χ2v) is 2.82. The van der Waals surface area contributed by atoms with Gasteiger partial charge < -0.3 is 10.0 Å². The quantitative estimate of drug-likeness (QED) is 0.708. The molecule has 0 aliphatic carbocycles. The maximum absolute atomic E-state index is 12.3. The minimum atomic E-state index is -2.81. The molecule has 0 aliphatic rings. The Morgan fingerprint density at radius 3 is 2.31 bits per heavy atom. The highest BCUT2D eigenvalue weighted by atomic mass is 35.5. The summed E-state index contributed by atoms with van der Waals surface area (Å²) in [5, 5.41) is 17.3. The van der Waals surface area contributed by atoms with Crippen molar-refractivity contribution in [2.45, 2.75) is 6.43 Å². The Morgan fingerprint density at radius 1 is 1.31 bits per heavy atom. The summed E-state index contributed by atoms with van der Waals surface area (Å²) in [6.07, 6.45) is -2.81. The average molecular weight is 206 g/mol. The molecule has 13 heavy (non-hydrogen) atoms. The van der Waals surface area contributed by atoms with Gasteiger partial charge in [-0.3, -0.25) is 0 Å². The van der Waals surface area contributed by atoms with E-state index in [0.717, 1.165) is 0 Å². The van der Waals surface area contributed by atoms with Crippen LogP contribution in [-0.4, -0.2) is 17.2 Å². The van der Waals surface area contributed by atoms with E-state index in [2.05, 4.69) is 0 Å². The van der Waals surface area contributed by atoms with Gasteiger partial charge in [-0.25, -0.2) is 8.78 Å². The Hall–Kier alpha value is -0.645. The van der Waals surface area contributed by atoms with Crippen LogP contribution < -0.4 is 5.46 Å². The van der Waals surface area contributed by atoms with Crippen molar-refractivity contribution >= 4 is 24.2 Å². The van der Waals surface area contributed by atoms with Crippen LogP contribution in [0.4, 0.5) is 8.78 Å². The fourth-order valence-electron chi connectivity index (χ4n) is 1.01. The Morgan fingerprint density at radius 2 is 1.92 bits per heavy atom. The van der Waals surface area contributed by atoms with Crippen molar-refractivity contribution in [3.8, 4) is 0 Å². The summed E-state index contributed by atoms with van der Waals surface area (Å²) in [6.45, 7) is 0. The average Bonchev–Trinajstić information content (AvgIpc) is 2.02. The van der Waals surface area contributed by atoms with Gasteiger partial charge in [0.1, 0.15) is 0 Å². The van der Waals surface area contributed by atoms with E-state index in [-0.39, 0.29) is 10.5 Å². The molecule has 6 heteroatoms. The molecule has 0 bridgehead atoms. The second-order valence-electron chi connectivity index (χ2n) is 2.42. The molecular formula is C7H6BClF2O2. The first-order chi connectivity index (χ1) is 6.04. The molecule has 0 radical (unpaired) electrons. The van der Waals surface area contributed by atoms with Gasteiger partial charge in [0, 0.05) is 10.6 Å². The molecule has 0 saturated carbocycles. The van der Waals surface area contributed by atoms with Crippen LogP contribution in [0.15, 0.2) is 18.2 Å². The highest BCUT2D eigenvalue weighted by molar-refractivity contribution is 6.59. The molecular weight excluding hydrogens is 200 g/mol. The van der Waals surface area contributed by atoms with Gasteiger partial charge in [0.25, 0.3) is 6.43 Å². The van der Waals surface area contributed by atoms with Gasteiger partial charge >= 0.3 is 7.12 Å². The zero-order chi connectivity index (χ0) is 10.0. The van der Waals surface area contributed by atoms with E-state index in [4.69, 9.17) is 21.6 Å². The lowest BCUT2D eigenvalue weighted by Gasteiger charge is -2.09. The maximum Gasteiger partial charge on any atom is 0.488 e. The molecule has 0 unspecified atom stereocenters. The van der Waals surface area contributed by atoms with Crippen molar-refractivity contribution in [1.82, 2.24) is 0 Å². The summed E-state index contributed by atoms with van der Waals surface area (Å²) >= 11 is 5.47. The summed E-state index contributed by atoms with van der Waals surface area (Å²) in [5.41, 5.74) is -0.790. The Kier molecular flexibility index (Phi) is 3.25. The zero-order valence-corrected chi connectivity index (χ0v) is 7.17. The third kappa shape index (κ3) is 2.18. The van der Waals surface area contributed by atoms with Crippen molar-refractivity contribution in [2.24, 2.45) is 0 Å². The van der Waals surface area contributed by atoms with Gasteiger partial charge in [-0.05, 0) is 11.5 Å². The largest absolute Gasteiger partial charge is 0.488 e. The lowest BCUT2D eigenvalue weighted by Crippen LogP contribution is -2.33. The number of alkyl halides is 2. The van der Waals surface area contributed by atoms with E-state index >= 15 is 0 Å². The molecule has 0 amide bonds. The number of hydrogen-bond acceptors (Lipinski definition) is 2. The van der Waals surface area contributed by atoms with Gasteiger partial charge in [0.2, 0.25) is 0 Å². The molecule has 0 saturated heterocycles. The molecule has 1 aromatic rings. The summed E-state index contributed by atoms with van der Waals surface area (Å²) < 4.78 is 24.7. The second kappa shape index (κ2) is 4.04. The summed E-state index contributed by atoms with van der Waals surface area (Å²) in [4.78, 5) is 0. The minimum absolute atomic E-state index is 0.166. The standard InChI is InChI=1S/C7H6BClF2O2/c9-5-3-1-2-4(8(12)13)6(5)7(10)11/h1-3,7,12-13H.